The van der Waals surface area contributed by atoms with Crippen molar-refractivity contribution in [1.29, 1.82) is 0 Å². The molecular formula is C15H18N2O2S. The molecule has 0 bridgehead atoms. The molecule has 1 amide bonds. The maximum Gasteiger partial charge on any atom is 0.264 e. The molecule has 1 atom stereocenters. The van der Waals surface area contributed by atoms with Crippen molar-refractivity contribution in [2.45, 2.75) is 39.7 Å². The van der Waals surface area contributed by atoms with E-state index < -0.39 is 0 Å². The van der Waals surface area contributed by atoms with E-state index in [-0.39, 0.29) is 11.9 Å². The lowest BCUT2D eigenvalue weighted by molar-refractivity contribution is 0.0739. The summed E-state index contributed by atoms with van der Waals surface area (Å²) in [5.41, 5.74) is 3.05. The monoisotopic (exact) mass is 290 g/mol. The Hall–Kier alpha value is -1.62. The second kappa shape index (κ2) is 5.05. The third-order valence-electron chi connectivity index (χ3n) is 3.99. The van der Waals surface area contributed by atoms with Crippen LogP contribution in [0.1, 0.15) is 51.1 Å². The predicted molar refractivity (Wildman–Crippen MR) is 78.0 cm³/mol. The van der Waals surface area contributed by atoms with Crippen LogP contribution in [0.3, 0.4) is 0 Å². The van der Waals surface area contributed by atoms with Crippen LogP contribution in [0, 0.1) is 20.8 Å². The molecule has 3 heterocycles. The number of carbonyl (C=O) groups is 1. The molecule has 1 aliphatic heterocycles. The minimum Gasteiger partial charge on any atom is -0.361 e. The Labute approximate surface area is 122 Å². The Balaban J connectivity index is 1.94. The summed E-state index contributed by atoms with van der Waals surface area (Å²) in [6.07, 6.45) is 2.02. The average Bonchev–Trinajstić information content (AvgIpc) is 3.10. The lowest BCUT2D eigenvalue weighted by atomic mass is 10.0. The van der Waals surface area contributed by atoms with Gasteiger partial charge < -0.3 is 9.42 Å². The number of rotatable bonds is 2. The second-order valence-corrected chi connectivity index (χ2v) is 6.24. The van der Waals surface area contributed by atoms with Crippen LogP contribution in [0.5, 0.6) is 0 Å². The maximum atomic E-state index is 12.7. The van der Waals surface area contributed by atoms with E-state index in [0.717, 1.165) is 46.8 Å². The fourth-order valence-corrected chi connectivity index (χ4v) is 3.88. The zero-order valence-corrected chi connectivity index (χ0v) is 12.8. The number of likely N-dealkylation sites (tertiary alicyclic amines) is 1. The van der Waals surface area contributed by atoms with Crippen molar-refractivity contribution in [1.82, 2.24) is 10.1 Å². The van der Waals surface area contributed by atoms with Crippen LogP contribution >= 0.6 is 11.3 Å². The molecule has 0 N–H and O–H groups in total. The molecule has 3 rings (SSSR count). The smallest absolute Gasteiger partial charge is 0.264 e. The number of thiophene rings is 1. The Morgan fingerprint density at radius 2 is 2.25 bits per heavy atom. The number of aryl methyl sites for hydroxylation is 3. The van der Waals surface area contributed by atoms with E-state index in [1.165, 1.54) is 11.3 Å². The van der Waals surface area contributed by atoms with E-state index in [1.54, 1.807) is 0 Å². The topological polar surface area (TPSA) is 46.3 Å². The fraction of sp³-hybridized carbons (Fsp3) is 0.467. The summed E-state index contributed by atoms with van der Waals surface area (Å²) >= 11 is 1.52. The molecule has 0 aliphatic carbocycles. The van der Waals surface area contributed by atoms with Crippen LogP contribution in [0.25, 0.3) is 0 Å². The minimum atomic E-state index is 0.107. The first-order valence-electron chi connectivity index (χ1n) is 6.87. The first-order chi connectivity index (χ1) is 9.59. The van der Waals surface area contributed by atoms with Crippen LogP contribution < -0.4 is 0 Å². The molecule has 20 heavy (non-hydrogen) atoms. The van der Waals surface area contributed by atoms with Crippen LogP contribution in [0.4, 0.5) is 0 Å². The maximum absolute atomic E-state index is 12.7. The molecule has 0 aromatic carbocycles. The van der Waals surface area contributed by atoms with Crippen LogP contribution in [0.2, 0.25) is 0 Å². The Bertz CT molecular complexity index is 625. The van der Waals surface area contributed by atoms with E-state index in [4.69, 9.17) is 4.52 Å². The summed E-state index contributed by atoms with van der Waals surface area (Å²) in [6.45, 7) is 6.67. The van der Waals surface area contributed by atoms with Gasteiger partial charge in [0.2, 0.25) is 0 Å². The van der Waals surface area contributed by atoms with Gasteiger partial charge in [0.05, 0.1) is 16.6 Å². The van der Waals surface area contributed by atoms with Crippen molar-refractivity contribution in [2.75, 3.05) is 6.54 Å². The van der Waals surface area contributed by atoms with Gasteiger partial charge in [0, 0.05) is 12.1 Å². The van der Waals surface area contributed by atoms with Crippen molar-refractivity contribution in [3.8, 4) is 0 Å². The zero-order chi connectivity index (χ0) is 14.3. The third-order valence-corrected chi connectivity index (χ3v) is 5.00. The van der Waals surface area contributed by atoms with E-state index in [0.29, 0.717) is 0 Å². The van der Waals surface area contributed by atoms with Crippen LogP contribution in [-0.2, 0) is 0 Å². The molecule has 1 fully saturated rings. The number of aromatic nitrogens is 1. The molecule has 2 aromatic heterocycles. The standard InChI is InChI=1S/C15H18N2O2S/c1-9-6-8-20-14(9)15(18)17-7-4-5-12(17)13-10(2)16-19-11(13)3/h6,8,12H,4-5,7H2,1-3H3/t12-/m1/s1. The Morgan fingerprint density at radius 3 is 2.85 bits per heavy atom. The molecule has 1 saturated heterocycles. The van der Waals surface area contributed by atoms with Gasteiger partial charge in [-0.2, -0.15) is 0 Å². The Morgan fingerprint density at radius 1 is 1.45 bits per heavy atom. The predicted octanol–water partition coefficient (Wildman–Crippen LogP) is 3.64. The van der Waals surface area contributed by atoms with E-state index in [2.05, 4.69) is 5.16 Å². The average molecular weight is 290 g/mol. The minimum absolute atomic E-state index is 0.107. The largest absolute Gasteiger partial charge is 0.361 e. The van der Waals surface area contributed by atoms with Crippen molar-refractivity contribution < 1.29 is 9.32 Å². The summed E-state index contributed by atoms with van der Waals surface area (Å²) in [4.78, 5) is 15.6. The fourth-order valence-electron chi connectivity index (χ4n) is 3.00. The first kappa shape index (κ1) is 13.4. The highest BCUT2D eigenvalue weighted by Gasteiger charge is 2.34. The molecule has 5 heteroatoms. The summed E-state index contributed by atoms with van der Waals surface area (Å²) in [7, 11) is 0. The number of nitrogens with zero attached hydrogens (tertiary/aromatic N) is 2. The van der Waals surface area contributed by atoms with Gasteiger partial charge in [-0.15, -0.1) is 11.3 Å². The molecule has 2 aromatic rings. The third kappa shape index (κ3) is 2.06. The number of hydrogen-bond donors (Lipinski definition) is 0. The number of hydrogen-bond acceptors (Lipinski definition) is 4. The van der Waals surface area contributed by atoms with Gasteiger partial charge >= 0.3 is 0 Å². The SMILES string of the molecule is Cc1ccsc1C(=O)N1CCC[C@@H]1c1c(C)noc1C. The number of carbonyl (C=O) groups excluding carboxylic acids is 1. The molecule has 0 unspecified atom stereocenters. The Kier molecular flexibility index (Phi) is 3.38. The molecule has 4 nitrogen and oxygen atoms in total. The molecule has 1 aliphatic rings. The van der Waals surface area contributed by atoms with E-state index in [1.807, 2.05) is 37.1 Å². The van der Waals surface area contributed by atoms with Gasteiger partial charge in [-0.05, 0) is 50.6 Å². The van der Waals surface area contributed by atoms with Gasteiger partial charge in [-0.1, -0.05) is 5.16 Å². The normalized spacial score (nSPS) is 18.8. The van der Waals surface area contributed by atoms with Crippen molar-refractivity contribution >= 4 is 17.2 Å². The van der Waals surface area contributed by atoms with Gasteiger partial charge in [-0.25, -0.2) is 0 Å². The van der Waals surface area contributed by atoms with Crippen molar-refractivity contribution in [3.63, 3.8) is 0 Å². The first-order valence-corrected chi connectivity index (χ1v) is 7.75. The molecule has 0 radical (unpaired) electrons. The van der Waals surface area contributed by atoms with Gasteiger partial charge in [0.15, 0.2) is 0 Å². The summed E-state index contributed by atoms with van der Waals surface area (Å²) in [5.74, 6) is 0.968. The van der Waals surface area contributed by atoms with Gasteiger partial charge in [-0.3, -0.25) is 4.79 Å². The molecule has 106 valence electrons. The van der Waals surface area contributed by atoms with Crippen LogP contribution in [-0.4, -0.2) is 22.5 Å². The van der Waals surface area contributed by atoms with Crippen molar-refractivity contribution in [3.05, 3.63) is 38.9 Å². The summed E-state index contributed by atoms with van der Waals surface area (Å²) in [5, 5.41) is 6.00. The van der Waals surface area contributed by atoms with Gasteiger partial charge in [0.1, 0.15) is 5.76 Å². The zero-order valence-electron chi connectivity index (χ0n) is 12.0. The molecule has 0 spiro atoms. The molecular weight excluding hydrogens is 272 g/mol. The highest BCUT2D eigenvalue weighted by molar-refractivity contribution is 7.12. The highest BCUT2D eigenvalue weighted by Crippen LogP contribution is 2.37. The quantitative estimate of drug-likeness (QED) is 0.848. The van der Waals surface area contributed by atoms with E-state index >= 15 is 0 Å². The van der Waals surface area contributed by atoms with Gasteiger partial charge in [0.25, 0.3) is 5.91 Å². The lowest BCUT2D eigenvalue weighted by Gasteiger charge is -2.24. The molecule has 0 saturated carbocycles. The highest BCUT2D eigenvalue weighted by atomic mass is 32.1. The lowest BCUT2D eigenvalue weighted by Crippen LogP contribution is -2.30. The summed E-state index contributed by atoms with van der Waals surface area (Å²) < 4.78 is 5.26. The number of amides is 1. The van der Waals surface area contributed by atoms with E-state index in [9.17, 15) is 4.79 Å². The summed E-state index contributed by atoms with van der Waals surface area (Å²) in [6, 6.07) is 2.11. The van der Waals surface area contributed by atoms with Crippen molar-refractivity contribution in [2.24, 2.45) is 0 Å². The van der Waals surface area contributed by atoms with Crippen LogP contribution in [0.15, 0.2) is 16.0 Å². The second-order valence-electron chi connectivity index (χ2n) is 5.33.